The summed E-state index contributed by atoms with van der Waals surface area (Å²) < 4.78 is 39.1. The van der Waals surface area contributed by atoms with Gasteiger partial charge < -0.3 is 14.8 Å². The number of ether oxygens (including phenoxy) is 2. The first-order valence-corrected chi connectivity index (χ1v) is 12.3. The first-order chi connectivity index (χ1) is 16.1. The number of nitrogens with one attached hydrogen (secondary N) is 1. The average Bonchev–Trinajstić information content (AvgIpc) is 2.86. The number of hydrogen-bond acceptors (Lipinski definition) is 5. The molecule has 1 saturated heterocycles. The van der Waals surface area contributed by atoms with Gasteiger partial charge in [-0.2, -0.15) is 4.31 Å². The van der Waals surface area contributed by atoms with Crippen LogP contribution in [0.15, 0.2) is 77.7 Å². The molecule has 0 radical (unpaired) electrons. The predicted molar refractivity (Wildman–Crippen MR) is 123 cm³/mol. The van der Waals surface area contributed by atoms with Crippen LogP contribution >= 0.6 is 0 Å². The van der Waals surface area contributed by atoms with Crippen LogP contribution in [-0.4, -0.2) is 44.9 Å². The maximum absolute atomic E-state index is 13.4. The summed E-state index contributed by atoms with van der Waals surface area (Å²) in [7, 11) is -3.68. The minimum Gasteiger partial charge on any atom is -0.457 e. The third-order valence-corrected chi connectivity index (χ3v) is 7.95. The van der Waals surface area contributed by atoms with Crippen molar-refractivity contribution in [2.45, 2.75) is 17.4 Å². The van der Waals surface area contributed by atoms with E-state index in [4.69, 9.17) is 9.47 Å². The number of sulfonamides is 1. The van der Waals surface area contributed by atoms with Crippen LogP contribution in [0, 0.1) is 0 Å². The maximum Gasteiger partial charge on any atom is 0.243 e. The van der Waals surface area contributed by atoms with E-state index in [9.17, 15) is 13.2 Å². The number of benzene rings is 3. The van der Waals surface area contributed by atoms with E-state index < -0.39 is 15.9 Å². The van der Waals surface area contributed by atoms with Crippen molar-refractivity contribution >= 4 is 15.9 Å². The minimum atomic E-state index is -3.68. The standard InChI is InChI=1S/C25H24N2O5S/c28-25(24-19-8-2-4-10-21(19)32-22-11-5-3-9-20(22)24)26-17-18-7-1-6-12-23(18)33(29,30)27-13-15-31-16-14-27/h1-12,24H,13-17H2,(H,26,28). The molecule has 3 aromatic carbocycles. The lowest BCUT2D eigenvalue weighted by Crippen LogP contribution is -2.41. The molecule has 7 nitrogen and oxygen atoms in total. The van der Waals surface area contributed by atoms with Crippen molar-refractivity contribution in [2.75, 3.05) is 26.3 Å². The Kier molecular flexibility index (Phi) is 5.88. The number of hydrogen-bond donors (Lipinski definition) is 1. The molecule has 8 heteroatoms. The summed E-state index contributed by atoms with van der Waals surface area (Å²) in [5.74, 6) is 0.532. The van der Waals surface area contributed by atoms with Crippen molar-refractivity contribution in [3.63, 3.8) is 0 Å². The van der Waals surface area contributed by atoms with E-state index in [1.165, 1.54) is 4.31 Å². The van der Waals surface area contributed by atoms with Gasteiger partial charge in [-0.3, -0.25) is 4.79 Å². The normalized spacial score (nSPS) is 16.4. The van der Waals surface area contributed by atoms with Gasteiger partial charge in [-0.25, -0.2) is 8.42 Å². The van der Waals surface area contributed by atoms with Gasteiger partial charge in [-0.1, -0.05) is 54.6 Å². The smallest absolute Gasteiger partial charge is 0.243 e. The second-order valence-corrected chi connectivity index (χ2v) is 9.86. The van der Waals surface area contributed by atoms with Gasteiger partial charge in [0.15, 0.2) is 0 Å². The Morgan fingerprint density at radius 2 is 1.45 bits per heavy atom. The molecule has 0 saturated carbocycles. The first-order valence-electron chi connectivity index (χ1n) is 10.8. The SMILES string of the molecule is O=C(NCc1ccccc1S(=O)(=O)N1CCOCC1)C1c2ccccc2Oc2ccccc21. The van der Waals surface area contributed by atoms with Crippen LogP contribution < -0.4 is 10.1 Å². The quantitative estimate of drug-likeness (QED) is 0.627. The number of carbonyl (C=O) groups is 1. The first kappa shape index (κ1) is 21.6. The molecular formula is C25H24N2O5S. The molecule has 0 bridgehead atoms. The Balaban J connectivity index is 1.41. The topological polar surface area (TPSA) is 84.9 Å². The number of amides is 1. The molecule has 2 aliphatic heterocycles. The molecule has 0 atom stereocenters. The van der Waals surface area contributed by atoms with Gasteiger partial charge >= 0.3 is 0 Å². The van der Waals surface area contributed by atoms with Crippen LogP contribution in [0.5, 0.6) is 11.5 Å². The molecule has 2 heterocycles. The Labute approximate surface area is 193 Å². The summed E-state index contributed by atoms with van der Waals surface area (Å²) >= 11 is 0. The third-order valence-electron chi connectivity index (χ3n) is 5.96. The molecule has 0 aromatic heterocycles. The molecule has 33 heavy (non-hydrogen) atoms. The lowest BCUT2D eigenvalue weighted by atomic mass is 9.87. The Bertz CT molecular complexity index is 1240. The van der Waals surface area contributed by atoms with Gasteiger partial charge in [-0.15, -0.1) is 0 Å². The summed E-state index contributed by atoms with van der Waals surface area (Å²) in [5, 5.41) is 2.96. The molecule has 1 amide bonds. The molecule has 3 aromatic rings. The summed E-state index contributed by atoms with van der Waals surface area (Å²) in [6.07, 6.45) is 0. The summed E-state index contributed by atoms with van der Waals surface area (Å²) in [4.78, 5) is 13.6. The summed E-state index contributed by atoms with van der Waals surface area (Å²) in [5.41, 5.74) is 2.11. The number of morpholine rings is 1. The molecule has 0 spiro atoms. The maximum atomic E-state index is 13.4. The number of rotatable bonds is 5. The highest BCUT2D eigenvalue weighted by atomic mass is 32.2. The fourth-order valence-corrected chi connectivity index (χ4v) is 5.93. The van der Waals surface area contributed by atoms with E-state index in [-0.39, 0.29) is 17.3 Å². The zero-order valence-corrected chi connectivity index (χ0v) is 18.8. The highest BCUT2D eigenvalue weighted by Crippen LogP contribution is 2.43. The van der Waals surface area contributed by atoms with E-state index in [1.807, 2.05) is 48.5 Å². The molecule has 1 N–H and O–H groups in total. The monoisotopic (exact) mass is 464 g/mol. The number of fused-ring (bicyclic) bond motifs is 2. The van der Waals surface area contributed by atoms with Crippen LogP contribution in [0.3, 0.4) is 0 Å². The highest BCUT2D eigenvalue weighted by molar-refractivity contribution is 7.89. The van der Waals surface area contributed by atoms with Crippen LogP contribution in [0.2, 0.25) is 0 Å². The van der Waals surface area contributed by atoms with Crippen LogP contribution in [-0.2, 0) is 26.1 Å². The molecule has 5 rings (SSSR count). The van der Waals surface area contributed by atoms with Gasteiger partial charge in [0.25, 0.3) is 0 Å². The largest absolute Gasteiger partial charge is 0.457 e. The molecule has 1 fully saturated rings. The van der Waals surface area contributed by atoms with Gasteiger partial charge in [0.1, 0.15) is 11.5 Å². The third kappa shape index (κ3) is 4.13. The van der Waals surface area contributed by atoms with Gasteiger partial charge in [0, 0.05) is 30.8 Å². The van der Waals surface area contributed by atoms with E-state index in [1.54, 1.807) is 24.3 Å². The van der Waals surface area contributed by atoms with Crippen molar-refractivity contribution < 1.29 is 22.7 Å². The van der Waals surface area contributed by atoms with Gasteiger partial charge in [0.05, 0.1) is 24.0 Å². The fourth-order valence-electron chi connectivity index (χ4n) is 4.30. The second-order valence-electron chi connectivity index (χ2n) is 7.95. The van der Waals surface area contributed by atoms with Crippen LogP contribution in [0.4, 0.5) is 0 Å². The number of carbonyl (C=O) groups excluding carboxylic acids is 1. The zero-order valence-electron chi connectivity index (χ0n) is 17.9. The van der Waals surface area contributed by atoms with Crippen LogP contribution in [0.25, 0.3) is 0 Å². The van der Waals surface area contributed by atoms with E-state index in [0.29, 0.717) is 43.4 Å². The summed E-state index contributed by atoms with van der Waals surface area (Å²) in [6.45, 7) is 1.49. The van der Waals surface area contributed by atoms with Crippen molar-refractivity contribution in [1.82, 2.24) is 9.62 Å². The second kappa shape index (κ2) is 8.97. The van der Waals surface area contributed by atoms with Crippen molar-refractivity contribution in [1.29, 1.82) is 0 Å². The predicted octanol–water partition coefficient (Wildman–Crippen LogP) is 3.26. The molecule has 170 valence electrons. The highest BCUT2D eigenvalue weighted by Gasteiger charge is 2.33. The molecular weight excluding hydrogens is 440 g/mol. The van der Waals surface area contributed by atoms with E-state index in [0.717, 1.165) is 11.1 Å². The van der Waals surface area contributed by atoms with E-state index >= 15 is 0 Å². The molecule has 0 aliphatic carbocycles. The van der Waals surface area contributed by atoms with Crippen molar-refractivity contribution in [3.8, 4) is 11.5 Å². The zero-order chi connectivity index (χ0) is 22.8. The Hall–Kier alpha value is -3.20. The van der Waals surface area contributed by atoms with Gasteiger partial charge in [-0.05, 0) is 23.8 Å². The van der Waals surface area contributed by atoms with E-state index in [2.05, 4.69) is 5.32 Å². The Morgan fingerprint density at radius 3 is 2.12 bits per heavy atom. The molecule has 0 unspecified atom stereocenters. The lowest BCUT2D eigenvalue weighted by molar-refractivity contribution is -0.122. The Morgan fingerprint density at radius 1 is 0.879 bits per heavy atom. The van der Waals surface area contributed by atoms with Crippen molar-refractivity contribution in [3.05, 3.63) is 89.5 Å². The average molecular weight is 465 g/mol. The van der Waals surface area contributed by atoms with Crippen LogP contribution in [0.1, 0.15) is 22.6 Å². The number of para-hydroxylation sites is 2. The molecule has 2 aliphatic rings. The lowest BCUT2D eigenvalue weighted by Gasteiger charge is -2.28. The summed E-state index contributed by atoms with van der Waals surface area (Å²) in [6, 6.07) is 21.7. The van der Waals surface area contributed by atoms with Gasteiger partial charge in [0.2, 0.25) is 15.9 Å². The minimum absolute atomic E-state index is 0.0975. The number of nitrogens with zero attached hydrogens (tertiary/aromatic N) is 1. The fraction of sp³-hybridized carbons (Fsp3) is 0.240. The van der Waals surface area contributed by atoms with Crippen molar-refractivity contribution in [2.24, 2.45) is 0 Å².